The highest BCUT2D eigenvalue weighted by Gasteiger charge is 2.52. The quantitative estimate of drug-likeness (QED) is 0.482. The molecule has 0 radical (unpaired) electrons. The van der Waals surface area contributed by atoms with Crippen LogP contribution in [0, 0.1) is 23.2 Å². The van der Waals surface area contributed by atoms with Gasteiger partial charge in [-0.3, -0.25) is 0 Å². The van der Waals surface area contributed by atoms with E-state index >= 15 is 0 Å². The highest BCUT2D eigenvalue weighted by Crippen LogP contribution is 2.61. The molecule has 0 aromatic carbocycles. The van der Waals surface area contributed by atoms with Crippen molar-refractivity contribution in [2.45, 2.75) is 40.0 Å². The molecule has 3 aliphatic carbocycles. The molecule has 3 fully saturated rings. The minimum atomic E-state index is 0.706. The van der Waals surface area contributed by atoms with Gasteiger partial charge in [0.05, 0.1) is 0 Å². The van der Waals surface area contributed by atoms with Crippen molar-refractivity contribution in [3.8, 4) is 0 Å². The van der Waals surface area contributed by atoms with Crippen LogP contribution in [0.15, 0.2) is 0 Å². The predicted molar refractivity (Wildman–Crippen MR) is 43.8 cm³/mol. The number of fused-ring (bicyclic) bond motifs is 2. The molecule has 3 saturated carbocycles. The molecule has 0 saturated heterocycles. The molecule has 0 amide bonds. The van der Waals surface area contributed by atoms with E-state index in [9.17, 15) is 0 Å². The predicted octanol–water partition coefficient (Wildman–Crippen LogP) is 3.08. The third-order valence-electron chi connectivity index (χ3n) is 4.20. The summed E-state index contributed by atoms with van der Waals surface area (Å²) in [6.45, 7) is 7.35. The van der Waals surface area contributed by atoms with E-state index in [0.717, 1.165) is 17.8 Å². The van der Waals surface area contributed by atoms with Gasteiger partial charge in [-0.15, -0.1) is 0 Å². The van der Waals surface area contributed by atoms with E-state index in [1.807, 2.05) is 0 Å². The average Bonchev–Trinajstić information content (AvgIpc) is 1.87. The highest BCUT2D eigenvalue weighted by molar-refractivity contribution is 5.01. The maximum Gasteiger partial charge on any atom is -0.0295 e. The first-order valence-corrected chi connectivity index (χ1v) is 4.62. The second-order valence-electron chi connectivity index (χ2n) is 4.92. The zero-order chi connectivity index (χ0) is 7.35. The summed E-state index contributed by atoms with van der Waals surface area (Å²) in [6.07, 6.45) is 4.54. The van der Waals surface area contributed by atoms with Crippen molar-refractivity contribution in [2.24, 2.45) is 23.2 Å². The van der Waals surface area contributed by atoms with Crippen LogP contribution in [0.3, 0.4) is 0 Å². The molecule has 0 aromatic heterocycles. The Morgan fingerprint density at radius 1 is 1.20 bits per heavy atom. The first-order chi connectivity index (χ1) is 4.62. The Morgan fingerprint density at radius 3 is 2.20 bits per heavy atom. The molecule has 1 unspecified atom stereocenters. The molecular formula is C10H18. The molecule has 3 rings (SSSR count). The second kappa shape index (κ2) is 1.78. The zero-order valence-corrected chi connectivity index (χ0v) is 7.35. The van der Waals surface area contributed by atoms with Crippen molar-refractivity contribution in [1.29, 1.82) is 0 Å². The minimum absolute atomic E-state index is 0.706. The standard InChI is InChI=1S/C10H18/c1-7-4-5-8-6-9(7)10(8,2)3/h7-9H,4-6H2,1-3H3/t7?,8-,9+/m1/s1. The lowest BCUT2D eigenvalue weighted by Gasteiger charge is -2.59. The van der Waals surface area contributed by atoms with Gasteiger partial charge in [0.25, 0.3) is 0 Å². The van der Waals surface area contributed by atoms with Gasteiger partial charge in [0.15, 0.2) is 0 Å². The Hall–Kier alpha value is 0. The molecule has 0 nitrogen and oxygen atoms in total. The summed E-state index contributed by atoms with van der Waals surface area (Å²) in [5, 5.41) is 0. The molecular weight excluding hydrogens is 120 g/mol. The minimum Gasteiger partial charge on any atom is -0.0622 e. The molecule has 3 aliphatic rings. The van der Waals surface area contributed by atoms with E-state index in [4.69, 9.17) is 0 Å². The smallest absolute Gasteiger partial charge is 0.0295 e. The molecule has 0 heteroatoms. The fourth-order valence-electron chi connectivity index (χ4n) is 3.18. The molecule has 0 aromatic rings. The molecule has 0 N–H and O–H groups in total. The largest absolute Gasteiger partial charge is 0.0622 e. The number of rotatable bonds is 0. The van der Waals surface area contributed by atoms with E-state index in [0.29, 0.717) is 5.41 Å². The van der Waals surface area contributed by atoms with Crippen LogP contribution >= 0.6 is 0 Å². The maximum absolute atomic E-state index is 2.46. The van der Waals surface area contributed by atoms with E-state index in [-0.39, 0.29) is 0 Å². The van der Waals surface area contributed by atoms with Crippen LogP contribution in [-0.2, 0) is 0 Å². The van der Waals surface area contributed by atoms with Gasteiger partial charge in [0.1, 0.15) is 0 Å². The van der Waals surface area contributed by atoms with Crippen LogP contribution < -0.4 is 0 Å². The van der Waals surface area contributed by atoms with Crippen molar-refractivity contribution in [2.75, 3.05) is 0 Å². The van der Waals surface area contributed by atoms with Gasteiger partial charge < -0.3 is 0 Å². The first kappa shape index (κ1) is 6.69. The SMILES string of the molecule is CC1CC[C@@H]2C[C@@H]1C2(C)C. The molecule has 10 heavy (non-hydrogen) atoms. The Morgan fingerprint density at radius 2 is 1.90 bits per heavy atom. The lowest BCUT2D eigenvalue weighted by Crippen LogP contribution is -2.51. The normalized spacial score (nSPS) is 50.1. The summed E-state index contributed by atoms with van der Waals surface area (Å²) in [5.74, 6) is 3.15. The van der Waals surface area contributed by atoms with Gasteiger partial charge in [-0.25, -0.2) is 0 Å². The average molecular weight is 138 g/mol. The second-order valence-corrected chi connectivity index (χ2v) is 4.92. The summed E-state index contributed by atoms with van der Waals surface area (Å²) in [6, 6.07) is 0. The summed E-state index contributed by atoms with van der Waals surface area (Å²) < 4.78 is 0. The Kier molecular flexibility index (Phi) is 1.19. The zero-order valence-electron chi connectivity index (χ0n) is 7.35. The van der Waals surface area contributed by atoms with Gasteiger partial charge in [-0.2, -0.15) is 0 Å². The molecule has 0 heterocycles. The van der Waals surface area contributed by atoms with Crippen LogP contribution in [0.2, 0.25) is 0 Å². The van der Waals surface area contributed by atoms with Crippen molar-refractivity contribution >= 4 is 0 Å². The molecule has 2 bridgehead atoms. The van der Waals surface area contributed by atoms with Crippen LogP contribution in [0.1, 0.15) is 40.0 Å². The third-order valence-corrected chi connectivity index (χ3v) is 4.20. The lowest BCUT2D eigenvalue weighted by atomic mass is 9.46. The monoisotopic (exact) mass is 138 g/mol. The van der Waals surface area contributed by atoms with E-state index in [1.165, 1.54) is 19.3 Å². The summed E-state index contributed by atoms with van der Waals surface area (Å²) in [5.41, 5.74) is 0.706. The van der Waals surface area contributed by atoms with Crippen LogP contribution in [0.25, 0.3) is 0 Å². The fraction of sp³-hybridized carbons (Fsp3) is 1.00. The maximum atomic E-state index is 2.46. The van der Waals surface area contributed by atoms with Crippen molar-refractivity contribution in [1.82, 2.24) is 0 Å². The van der Waals surface area contributed by atoms with Gasteiger partial charge >= 0.3 is 0 Å². The van der Waals surface area contributed by atoms with Crippen LogP contribution in [0.4, 0.5) is 0 Å². The van der Waals surface area contributed by atoms with Crippen molar-refractivity contribution in [3.63, 3.8) is 0 Å². The molecule has 0 spiro atoms. The number of hydrogen-bond acceptors (Lipinski definition) is 0. The van der Waals surface area contributed by atoms with Crippen molar-refractivity contribution < 1.29 is 0 Å². The Labute approximate surface area is 64.0 Å². The summed E-state index contributed by atoms with van der Waals surface area (Å²) in [4.78, 5) is 0. The van der Waals surface area contributed by atoms with E-state index in [1.54, 1.807) is 0 Å². The molecule has 58 valence electrons. The third kappa shape index (κ3) is 0.627. The summed E-state index contributed by atoms with van der Waals surface area (Å²) >= 11 is 0. The van der Waals surface area contributed by atoms with Gasteiger partial charge in [0, 0.05) is 0 Å². The van der Waals surface area contributed by atoms with E-state index < -0.39 is 0 Å². The lowest BCUT2D eigenvalue weighted by molar-refractivity contribution is -0.0988. The van der Waals surface area contributed by atoms with Crippen LogP contribution in [-0.4, -0.2) is 0 Å². The fourth-order valence-corrected chi connectivity index (χ4v) is 3.18. The van der Waals surface area contributed by atoms with Gasteiger partial charge in [0.2, 0.25) is 0 Å². The van der Waals surface area contributed by atoms with Gasteiger partial charge in [-0.1, -0.05) is 27.2 Å². The Bertz CT molecular complexity index is 144. The van der Waals surface area contributed by atoms with E-state index in [2.05, 4.69) is 20.8 Å². The number of hydrogen-bond donors (Lipinski definition) is 0. The van der Waals surface area contributed by atoms with Crippen LogP contribution in [0.5, 0.6) is 0 Å². The highest BCUT2D eigenvalue weighted by atomic mass is 14.6. The molecule has 0 aliphatic heterocycles. The summed E-state index contributed by atoms with van der Waals surface area (Å²) in [7, 11) is 0. The molecule has 3 atom stereocenters. The first-order valence-electron chi connectivity index (χ1n) is 4.62. The van der Waals surface area contributed by atoms with Gasteiger partial charge in [-0.05, 0) is 36.0 Å². The topological polar surface area (TPSA) is 0 Å². The Balaban J connectivity index is 2.16. The van der Waals surface area contributed by atoms with Crippen molar-refractivity contribution in [3.05, 3.63) is 0 Å².